The van der Waals surface area contributed by atoms with E-state index in [0.29, 0.717) is 25.3 Å². The van der Waals surface area contributed by atoms with Crippen molar-refractivity contribution < 1.29 is 14.7 Å². The highest BCUT2D eigenvalue weighted by atomic mass is 16.7. The molecule has 0 radical (unpaired) electrons. The van der Waals surface area contributed by atoms with E-state index in [1.165, 1.54) is 5.06 Å². The molecule has 1 aliphatic rings. The normalized spacial score (nSPS) is 18.1. The zero-order valence-corrected chi connectivity index (χ0v) is 16.6. The van der Waals surface area contributed by atoms with Crippen LogP contribution in [0.3, 0.4) is 0 Å². The molecule has 1 aliphatic heterocycles. The quantitative estimate of drug-likeness (QED) is 0.800. The van der Waals surface area contributed by atoms with Gasteiger partial charge in [-0.1, -0.05) is 41.5 Å². The molecule has 0 bridgehead atoms. The van der Waals surface area contributed by atoms with Crippen molar-refractivity contribution in [2.45, 2.75) is 65.7 Å². The van der Waals surface area contributed by atoms with Gasteiger partial charge in [-0.25, -0.2) is 5.06 Å². The summed E-state index contributed by atoms with van der Waals surface area (Å²) in [6, 6.07) is 3.99. The molecule has 138 valence electrons. The van der Waals surface area contributed by atoms with Crippen molar-refractivity contribution >= 4 is 12.0 Å². The molecule has 1 fully saturated rings. The molecule has 0 unspecified atom stereocenters. The van der Waals surface area contributed by atoms with E-state index in [4.69, 9.17) is 4.84 Å². The number of aromatic hydroxyl groups is 1. The summed E-state index contributed by atoms with van der Waals surface area (Å²) in [6.07, 6.45) is 2.54. The van der Waals surface area contributed by atoms with Crippen LogP contribution < -0.4 is 0 Å². The molecule has 0 saturated carbocycles. The molecule has 1 heterocycles. The molecule has 1 N–H and O–H groups in total. The largest absolute Gasteiger partial charge is 0.507 e. The Morgan fingerprint density at radius 3 is 2.08 bits per heavy atom. The van der Waals surface area contributed by atoms with Gasteiger partial charge in [0.25, 0.3) is 5.91 Å². The zero-order chi connectivity index (χ0) is 19.0. The average molecular weight is 345 g/mol. The highest BCUT2D eigenvalue weighted by molar-refractivity contribution is 5.97. The average Bonchev–Trinajstić information content (AvgIpc) is 2.48. The standard InChI is InChI=1S/C21H31NO3/c1-8-22-19(24)15(9-10-25-22)11-14-12-16(20(2,3)4)18(23)17(13-14)21(5,6)7/h11-13,23H,8-10H2,1-7H3. The van der Waals surface area contributed by atoms with Crippen LogP contribution in [0.4, 0.5) is 0 Å². The number of phenolic OH excluding ortho intramolecular Hbond substituents is 1. The topological polar surface area (TPSA) is 49.8 Å². The number of benzene rings is 1. The predicted octanol–water partition coefficient (Wildman–Crippen LogP) is 4.55. The van der Waals surface area contributed by atoms with Crippen molar-refractivity contribution in [1.82, 2.24) is 5.06 Å². The number of rotatable bonds is 2. The molecule has 0 aliphatic carbocycles. The van der Waals surface area contributed by atoms with Gasteiger partial charge in [-0.05, 0) is 41.5 Å². The predicted molar refractivity (Wildman–Crippen MR) is 101 cm³/mol. The van der Waals surface area contributed by atoms with Gasteiger partial charge in [0, 0.05) is 29.7 Å². The van der Waals surface area contributed by atoms with Gasteiger partial charge in [0.2, 0.25) is 0 Å². The molecule has 1 amide bonds. The van der Waals surface area contributed by atoms with Crippen LogP contribution in [-0.4, -0.2) is 29.2 Å². The lowest BCUT2D eigenvalue weighted by Crippen LogP contribution is -2.36. The van der Waals surface area contributed by atoms with Gasteiger partial charge in [0.1, 0.15) is 5.75 Å². The summed E-state index contributed by atoms with van der Waals surface area (Å²) in [5.41, 5.74) is 3.13. The molecule has 1 aromatic carbocycles. The minimum atomic E-state index is -0.187. The van der Waals surface area contributed by atoms with E-state index in [0.717, 1.165) is 22.3 Å². The Bertz CT molecular complexity index is 655. The van der Waals surface area contributed by atoms with Crippen molar-refractivity contribution in [3.8, 4) is 5.75 Å². The maximum Gasteiger partial charge on any atom is 0.273 e. The number of carbonyl (C=O) groups is 1. The summed E-state index contributed by atoms with van der Waals surface area (Å²) in [7, 11) is 0. The fourth-order valence-corrected chi connectivity index (χ4v) is 3.05. The molecular weight excluding hydrogens is 314 g/mol. The summed E-state index contributed by atoms with van der Waals surface area (Å²) < 4.78 is 0. The molecule has 1 aromatic rings. The highest BCUT2D eigenvalue weighted by Gasteiger charge is 2.27. The van der Waals surface area contributed by atoms with E-state index in [2.05, 4.69) is 41.5 Å². The number of hydroxylamine groups is 2. The zero-order valence-electron chi connectivity index (χ0n) is 16.6. The van der Waals surface area contributed by atoms with Gasteiger partial charge in [-0.15, -0.1) is 0 Å². The Morgan fingerprint density at radius 2 is 1.64 bits per heavy atom. The van der Waals surface area contributed by atoms with Gasteiger partial charge in [0.15, 0.2) is 0 Å². The Hall–Kier alpha value is -1.81. The highest BCUT2D eigenvalue weighted by Crippen LogP contribution is 2.40. The van der Waals surface area contributed by atoms with Gasteiger partial charge in [-0.2, -0.15) is 0 Å². The van der Waals surface area contributed by atoms with Crippen molar-refractivity contribution in [1.29, 1.82) is 0 Å². The number of amides is 1. The first kappa shape index (κ1) is 19.5. The van der Waals surface area contributed by atoms with Crippen molar-refractivity contribution in [3.05, 3.63) is 34.4 Å². The maximum atomic E-state index is 12.5. The Morgan fingerprint density at radius 1 is 1.12 bits per heavy atom. The number of phenols is 1. The van der Waals surface area contributed by atoms with Crippen LogP contribution in [0, 0.1) is 0 Å². The van der Waals surface area contributed by atoms with E-state index in [-0.39, 0.29) is 16.7 Å². The van der Waals surface area contributed by atoms with E-state index in [1.54, 1.807) is 0 Å². The monoisotopic (exact) mass is 345 g/mol. The number of carbonyl (C=O) groups excluding carboxylic acids is 1. The first-order valence-corrected chi connectivity index (χ1v) is 8.98. The molecule has 0 atom stereocenters. The third-order valence-electron chi connectivity index (χ3n) is 4.50. The van der Waals surface area contributed by atoms with Crippen LogP contribution in [0.15, 0.2) is 17.7 Å². The van der Waals surface area contributed by atoms with E-state index in [9.17, 15) is 9.90 Å². The lowest BCUT2D eigenvalue weighted by molar-refractivity contribution is -0.188. The van der Waals surface area contributed by atoms with Crippen LogP contribution in [0.5, 0.6) is 5.75 Å². The third-order valence-corrected chi connectivity index (χ3v) is 4.50. The minimum Gasteiger partial charge on any atom is -0.507 e. The van der Waals surface area contributed by atoms with Crippen LogP contribution in [0.1, 0.15) is 71.6 Å². The third kappa shape index (κ3) is 4.24. The van der Waals surface area contributed by atoms with Crippen LogP contribution in [0.2, 0.25) is 0 Å². The molecule has 25 heavy (non-hydrogen) atoms. The molecule has 0 spiro atoms. The minimum absolute atomic E-state index is 0.0727. The lowest BCUT2D eigenvalue weighted by Gasteiger charge is -2.29. The molecular formula is C21H31NO3. The first-order chi connectivity index (χ1) is 11.4. The SMILES string of the molecule is CCN1OCCC(=Cc2cc(C(C)(C)C)c(O)c(C(C)(C)C)c2)C1=O. The summed E-state index contributed by atoms with van der Waals surface area (Å²) in [6.45, 7) is 15.5. The molecule has 1 saturated heterocycles. The molecule has 2 rings (SSSR count). The van der Waals surface area contributed by atoms with Crippen LogP contribution in [0.25, 0.3) is 6.08 Å². The van der Waals surface area contributed by atoms with Crippen molar-refractivity contribution in [2.24, 2.45) is 0 Å². The second kappa shape index (κ2) is 6.83. The second-order valence-electron chi connectivity index (χ2n) is 8.72. The number of hydrogen-bond acceptors (Lipinski definition) is 3. The number of likely N-dealkylation sites (N-methyl/N-ethyl adjacent to an activating group) is 1. The van der Waals surface area contributed by atoms with Gasteiger partial charge >= 0.3 is 0 Å². The van der Waals surface area contributed by atoms with Crippen LogP contribution in [-0.2, 0) is 20.5 Å². The number of nitrogens with zero attached hydrogens (tertiary/aromatic N) is 1. The fourth-order valence-electron chi connectivity index (χ4n) is 3.05. The fraction of sp³-hybridized carbons (Fsp3) is 0.571. The van der Waals surface area contributed by atoms with Gasteiger partial charge in [0.05, 0.1) is 6.61 Å². The Kier molecular flexibility index (Phi) is 5.33. The van der Waals surface area contributed by atoms with Crippen molar-refractivity contribution in [3.63, 3.8) is 0 Å². The van der Waals surface area contributed by atoms with E-state index < -0.39 is 0 Å². The van der Waals surface area contributed by atoms with Crippen LogP contribution >= 0.6 is 0 Å². The van der Waals surface area contributed by atoms with Crippen molar-refractivity contribution in [2.75, 3.05) is 13.2 Å². The Balaban J connectivity index is 2.58. The summed E-state index contributed by atoms with van der Waals surface area (Å²) >= 11 is 0. The molecule has 0 aromatic heterocycles. The molecule has 4 nitrogen and oxygen atoms in total. The Labute approximate surface area is 151 Å². The second-order valence-corrected chi connectivity index (χ2v) is 8.72. The molecule has 4 heteroatoms. The smallest absolute Gasteiger partial charge is 0.273 e. The van der Waals surface area contributed by atoms with Gasteiger partial charge in [-0.3, -0.25) is 9.63 Å². The van der Waals surface area contributed by atoms with Gasteiger partial charge < -0.3 is 5.11 Å². The van der Waals surface area contributed by atoms with E-state index in [1.807, 2.05) is 25.1 Å². The summed E-state index contributed by atoms with van der Waals surface area (Å²) in [5.74, 6) is 0.284. The summed E-state index contributed by atoms with van der Waals surface area (Å²) in [5, 5.41) is 12.2. The number of hydrogen-bond donors (Lipinski definition) is 1. The maximum absolute atomic E-state index is 12.5. The van der Waals surface area contributed by atoms with E-state index >= 15 is 0 Å². The first-order valence-electron chi connectivity index (χ1n) is 8.98. The lowest BCUT2D eigenvalue weighted by atomic mass is 9.78. The summed E-state index contributed by atoms with van der Waals surface area (Å²) in [4.78, 5) is 17.9.